The van der Waals surface area contributed by atoms with Crippen LogP contribution in [0.5, 0.6) is 0 Å². The van der Waals surface area contributed by atoms with Gasteiger partial charge in [-0.25, -0.2) is 0 Å². The smallest absolute Gasteiger partial charge is 0.00949 e. The van der Waals surface area contributed by atoms with Gasteiger partial charge in [-0.3, -0.25) is 0 Å². The van der Waals surface area contributed by atoms with Crippen LogP contribution in [0, 0.1) is 11.3 Å². The minimum atomic E-state index is 0.410. The van der Waals surface area contributed by atoms with Crippen LogP contribution in [0.3, 0.4) is 0 Å². The molecule has 0 aromatic heterocycles. The molecule has 1 rings (SSSR count). The van der Waals surface area contributed by atoms with Crippen molar-refractivity contribution in [2.45, 2.75) is 39.5 Å². The highest BCUT2D eigenvalue weighted by molar-refractivity contribution is 9.09. The molecule has 0 amide bonds. The van der Waals surface area contributed by atoms with E-state index in [-0.39, 0.29) is 0 Å². The van der Waals surface area contributed by atoms with E-state index in [4.69, 9.17) is 0 Å². The molecule has 0 spiro atoms. The van der Waals surface area contributed by atoms with Gasteiger partial charge < -0.3 is 4.90 Å². The van der Waals surface area contributed by atoms with Gasteiger partial charge in [0.1, 0.15) is 0 Å². The van der Waals surface area contributed by atoms with E-state index in [0.717, 1.165) is 11.2 Å². The Bertz CT molecular complexity index is 162. The van der Waals surface area contributed by atoms with Crippen LogP contribution in [0.4, 0.5) is 0 Å². The van der Waals surface area contributed by atoms with Gasteiger partial charge in [0, 0.05) is 18.4 Å². The monoisotopic (exact) mass is 261 g/mol. The maximum Gasteiger partial charge on any atom is 0.00949 e. The predicted molar refractivity (Wildman–Crippen MR) is 67.0 cm³/mol. The summed E-state index contributed by atoms with van der Waals surface area (Å²) in [6.07, 6.45) is 5.83. The molecule has 0 heterocycles. The van der Waals surface area contributed by atoms with Crippen LogP contribution in [-0.4, -0.2) is 30.4 Å². The molecule has 0 unspecified atom stereocenters. The fourth-order valence-corrected chi connectivity index (χ4v) is 2.65. The molecule has 0 saturated heterocycles. The molecular formula is C12H24BrN. The maximum atomic E-state index is 3.59. The minimum Gasteiger partial charge on any atom is -0.306 e. The first-order valence-corrected chi connectivity index (χ1v) is 6.90. The summed E-state index contributed by atoms with van der Waals surface area (Å²) >= 11 is 3.59. The molecule has 0 aromatic carbocycles. The van der Waals surface area contributed by atoms with Gasteiger partial charge in [0.05, 0.1) is 0 Å². The fourth-order valence-electron chi connectivity index (χ4n) is 2.47. The van der Waals surface area contributed by atoms with E-state index >= 15 is 0 Å². The largest absolute Gasteiger partial charge is 0.306 e. The van der Waals surface area contributed by atoms with Crippen LogP contribution in [0.15, 0.2) is 0 Å². The molecule has 0 N–H and O–H groups in total. The molecule has 0 aromatic rings. The number of alkyl halides is 1. The highest BCUT2D eigenvalue weighted by Crippen LogP contribution is 2.26. The lowest BCUT2D eigenvalue weighted by Gasteiger charge is -2.30. The lowest BCUT2D eigenvalue weighted by atomic mass is 9.95. The Morgan fingerprint density at radius 1 is 1.29 bits per heavy atom. The van der Waals surface area contributed by atoms with Gasteiger partial charge in [-0.05, 0) is 31.2 Å². The Balaban J connectivity index is 2.23. The van der Waals surface area contributed by atoms with Crippen LogP contribution in [0.1, 0.15) is 39.5 Å². The molecule has 0 atom stereocenters. The third kappa shape index (κ3) is 4.31. The van der Waals surface area contributed by atoms with Crippen molar-refractivity contribution in [1.29, 1.82) is 0 Å². The summed E-state index contributed by atoms with van der Waals surface area (Å²) in [6.45, 7) is 7.16. The number of hydrogen-bond donors (Lipinski definition) is 0. The topological polar surface area (TPSA) is 3.24 Å². The Hall–Kier alpha value is 0.440. The van der Waals surface area contributed by atoms with Crippen molar-refractivity contribution in [1.82, 2.24) is 4.90 Å². The van der Waals surface area contributed by atoms with Gasteiger partial charge in [-0.2, -0.15) is 0 Å². The van der Waals surface area contributed by atoms with Gasteiger partial charge in [0.2, 0.25) is 0 Å². The van der Waals surface area contributed by atoms with E-state index in [1.807, 2.05) is 0 Å². The SMILES string of the molecule is CN(CC1CCCC1)CC(C)(C)CBr. The zero-order chi connectivity index (χ0) is 10.6. The van der Waals surface area contributed by atoms with Crippen molar-refractivity contribution in [3.63, 3.8) is 0 Å². The van der Waals surface area contributed by atoms with Crippen molar-refractivity contribution in [3.05, 3.63) is 0 Å². The van der Waals surface area contributed by atoms with Crippen molar-refractivity contribution in [2.75, 3.05) is 25.5 Å². The van der Waals surface area contributed by atoms with E-state index in [2.05, 4.69) is 41.7 Å². The van der Waals surface area contributed by atoms with E-state index < -0.39 is 0 Å². The molecule has 1 aliphatic carbocycles. The maximum absolute atomic E-state index is 3.59. The highest BCUT2D eigenvalue weighted by Gasteiger charge is 2.22. The molecule has 0 radical (unpaired) electrons. The molecule has 0 bridgehead atoms. The molecule has 1 nitrogen and oxygen atoms in total. The second-order valence-electron chi connectivity index (χ2n) is 5.65. The Morgan fingerprint density at radius 2 is 1.86 bits per heavy atom. The Labute approximate surface area is 97.4 Å². The summed E-state index contributed by atoms with van der Waals surface area (Å²) in [7, 11) is 2.27. The second-order valence-corrected chi connectivity index (χ2v) is 6.21. The van der Waals surface area contributed by atoms with Crippen LogP contribution in [0.2, 0.25) is 0 Å². The third-order valence-corrected chi connectivity index (χ3v) is 4.62. The van der Waals surface area contributed by atoms with Crippen molar-refractivity contribution in [3.8, 4) is 0 Å². The zero-order valence-electron chi connectivity index (χ0n) is 9.85. The lowest BCUT2D eigenvalue weighted by molar-refractivity contribution is 0.204. The molecule has 84 valence electrons. The average molecular weight is 262 g/mol. The van der Waals surface area contributed by atoms with Gasteiger partial charge in [0.15, 0.2) is 0 Å². The zero-order valence-corrected chi connectivity index (χ0v) is 11.4. The van der Waals surface area contributed by atoms with Gasteiger partial charge in [-0.1, -0.05) is 42.6 Å². The van der Waals surface area contributed by atoms with Crippen LogP contribution in [-0.2, 0) is 0 Å². The fraction of sp³-hybridized carbons (Fsp3) is 1.00. The summed E-state index contributed by atoms with van der Waals surface area (Å²) in [6, 6.07) is 0. The summed E-state index contributed by atoms with van der Waals surface area (Å²) in [5.41, 5.74) is 0.410. The van der Waals surface area contributed by atoms with Gasteiger partial charge in [-0.15, -0.1) is 0 Å². The summed E-state index contributed by atoms with van der Waals surface area (Å²) in [4.78, 5) is 2.51. The van der Waals surface area contributed by atoms with E-state index in [0.29, 0.717) is 5.41 Å². The molecule has 0 aliphatic heterocycles. The van der Waals surface area contributed by atoms with E-state index in [1.165, 1.54) is 38.8 Å². The van der Waals surface area contributed by atoms with E-state index in [9.17, 15) is 0 Å². The Morgan fingerprint density at radius 3 is 2.36 bits per heavy atom. The normalized spacial score (nSPS) is 19.5. The molecule has 1 aliphatic rings. The van der Waals surface area contributed by atoms with Crippen molar-refractivity contribution < 1.29 is 0 Å². The first kappa shape index (κ1) is 12.5. The number of hydrogen-bond acceptors (Lipinski definition) is 1. The summed E-state index contributed by atoms with van der Waals surface area (Å²) in [5, 5.41) is 1.09. The standard InChI is InChI=1S/C12H24BrN/c1-12(2,9-13)10-14(3)8-11-6-4-5-7-11/h11H,4-10H2,1-3H3. The van der Waals surface area contributed by atoms with Crippen LogP contribution < -0.4 is 0 Å². The molecule has 2 heteroatoms. The molecule has 1 saturated carbocycles. The summed E-state index contributed by atoms with van der Waals surface area (Å²) < 4.78 is 0. The van der Waals surface area contributed by atoms with Crippen molar-refractivity contribution in [2.24, 2.45) is 11.3 Å². The quantitative estimate of drug-likeness (QED) is 0.685. The Kier molecular flexibility index (Phi) is 4.92. The van der Waals surface area contributed by atoms with Gasteiger partial charge >= 0.3 is 0 Å². The lowest BCUT2D eigenvalue weighted by Crippen LogP contribution is -2.35. The number of nitrogens with zero attached hydrogens (tertiary/aromatic N) is 1. The minimum absolute atomic E-state index is 0.410. The molecule has 1 fully saturated rings. The molecule has 14 heavy (non-hydrogen) atoms. The highest BCUT2D eigenvalue weighted by atomic mass is 79.9. The first-order valence-electron chi connectivity index (χ1n) is 5.78. The molecular weight excluding hydrogens is 238 g/mol. The van der Waals surface area contributed by atoms with Crippen LogP contribution >= 0.6 is 15.9 Å². The summed E-state index contributed by atoms with van der Waals surface area (Å²) in [5.74, 6) is 0.978. The van der Waals surface area contributed by atoms with Crippen LogP contribution in [0.25, 0.3) is 0 Å². The first-order chi connectivity index (χ1) is 6.53. The third-order valence-electron chi connectivity index (χ3n) is 3.10. The second kappa shape index (κ2) is 5.50. The van der Waals surface area contributed by atoms with Gasteiger partial charge in [0.25, 0.3) is 0 Å². The average Bonchev–Trinajstić information content (AvgIpc) is 2.55. The van der Waals surface area contributed by atoms with Crippen molar-refractivity contribution >= 4 is 15.9 Å². The number of rotatable bonds is 5. The number of halogens is 1. The van der Waals surface area contributed by atoms with E-state index in [1.54, 1.807) is 0 Å². The predicted octanol–water partition coefficient (Wildman–Crippen LogP) is 3.53.